The Balaban J connectivity index is 2.73. The Morgan fingerprint density at radius 2 is 1.95 bits per heavy atom. The van der Waals surface area contributed by atoms with Crippen LogP contribution in [0.3, 0.4) is 0 Å². The maximum Gasteiger partial charge on any atom is 0.248 e. The lowest BCUT2D eigenvalue weighted by atomic mass is 10.2. The molecule has 0 heterocycles. The first kappa shape index (κ1) is 18.4. The summed E-state index contributed by atoms with van der Waals surface area (Å²) in [6.45, 7) is 1.97. The molecule has 0 fully saturated rings. The summed E-state index contributed by atoms with van der Waals surface area (Å²) in [6, 6.07) is 4.14. The van der Waals surface area contributed by atoms with E-state index in [1.54, 1.807) is 0 Å². The molecule has 1 aromatic carbocycles. The Labute approximate surface area is 134 Å². The van der Waals surface area contributed by atoms with Gasteiger partial charge in [-0.1, -0.05) is 31.4 Å². The minimum atomic E-state index is -3.46. The summed E-state index contributed by atoms with van der Waals surface area (Å²) < 4.78 is 23.6. The third-order valence-electron chi connectivity index (χ3n) is 2.93. The lowest BCUT2D eigenvalue weighted by Gasteiger charge is -2.09. The van der Waals surface area contributed by atoms with Crippen molar-refractivity contribution in [3.63, 3.8) is 0 Å². The molecule has 0 spiro atoms. The van der Waals surface area contributed by atoms with E-state index in [0.717, 1.165) is 12.8 Å². The van der Waals surface area contributed by atoms with Crippen molar-refractivity contribution < 1.29 is 18.0 Å². The third-order valence-corrected chi connectivity index (χ3v) is 4.88. The first-order valence-electron chi connectivity index (χ1n) is 6.85. The first-order valence-corrected chi connectivity index (χ1v) is 9.04. The van der Waals surface area contributed by atoms with Crippen molar-refractivity contribution >= 4 is 38.9 Å². The number of amides is 2. The summed E-state index contributed by atoms with van der Waals surface area (Å²) in [5.74, 6) is -2.00. The number of halogens is 1. The van der Waals surface area contributed by atoms with Crippen LogP contribution in [0.5, 0.6) is 0 Å². The topological polar surface area (TPSA) is 106 Å². The van der Waals surface area contributed by atoms with Crippen LogP contribution in [0, 0.1) is 0 Å². The van der Waals surface area contributed by atoms with E-state index < -0.39 is 27.4 Å². The molecule has 22 heavy (non-hydrogen) atoms. The molecule has 0 aliphatic heterocycles. The monoisotopic (exact) mass is 346 g/mol. The van der Waals surface area contributed by atoms with Crippen LogP contribution in [0.2, 0.25) is 5.02 Å². The molecule has 0 radical (unpaired) electrons. The molecule has 0 bridgehead atoms. The van der Waals surface area contributed by atoms with Crippen LogP contribution in [0.4, 0.5) is 5.69 Å². The number of benzene rings is 1. The molecule has 1 rings (SSSR count). The van der Waals surface area contributed by atoms with E-state index in [9.17, 15) is 18.0 Å². The zero-order chi connectivity index (χ0) is 16.8. The summed E-state index contributed by atoms with van der Waals surface area (Å²) in [4.78, 5) is 22.9. The van der Waals surface area contributed by atoms with E-state index >= 15 is 0 Å². The molecule has 0 aliphatic carbocycles. The fourth-order valence-corrected chi connectivity index (χ4v) is 3.23. The quantitative estimate of drug-likeness (QED) is 0.702. The van der Waals surface area contributed by atoms with Gasteiger partial charge in [0.1, 0.15) is 5.75 Å². The van der Waals surface area contributed by atoms with Crippen molar-refractivity contribution in [3.05, 3.63) is 28.8 Å². The molecule has 0 atom stereocenters. The van der Waals surface area contributed by atoms with Crippen LogP contribution in [0.25, 0.3) is 0 Å². The summed E-state index contributed by atoms with van der Waals surface area (Å²) in [5, 5.41) is 2.59. The normalized spacial score (nSPS) is 11.2. The van der Waals surface area contributed by atoms with Gasteiger partial charge < -0.3 is 11.1 Å². The number of anilines is 1. The number of primary amides is 1. The SMILES string of the molecule is CCCCCS(=O)(=O)CC(=O)Nc1cc(C(N)=O)ccc1Cl. The highest BCUT2D eigenvalue weighted by molar-refractivity contribution is 7.92. The van der Waals surface area contributed by atoms with E-state index in [0.29, 0.717) is 6.42 Å². The molecule has 0 aromatic heterocycles. The second-order valence-corrected chi connectivity index (χ2v) is 7.50. The molecular formula is C14H19ClN2O4S. The number of rotatable bonds is 8. The van der Waals surface area contributed by atoms with Crippen molar-refractivity contribution in [2.75, 3.05) is 16.8 Å². The van der Waals surface area contributed by atoms with Gasteiger partial charge in [-0.15, -0.1) is 0 Å². The number of hydrogen-bond donors (Lipinski definition) is 2. The van der Waals surface area contributed by atoms with Gasteiger partial charge in [-0.05, 0) is 24.6 Å². The van der Waals surface area contributed by atoms with Crippen LogP contribution in [-0.4, -0.2) is 31.7 Å². The second kappa shape index (κ2) is 8.14. The first-order chi connectivity index (χ1) is 10.2. The molecule has 122 valence electrons. The number of carbonyl (C=O) groups is 2. The van der Waals surface area contributed by atoms with E-state index in [2.05, 4.69) is 5.32 Å². The van der Waals surface area contributed by atoms with Crippen molar-refractivity contribution in [1.82, 2.24) is 0 Å². The maximum absolute atomic E-state index is 11.8. The van der Waals surface area contributed by atoms with Gasteiger partial charge in [0.15, 0.2) is 9.84 Å². The second-order valence-electron chi connectivity index (χ2n) is 4.91. The van der Waals surface area contributed by atoms with Crippen LogP contribution in [0.15, 0.2) is 18.2 Å². The maximum atomic E-state index is 11.8. The molecular weight excluding hydrogens is 328 g/mol. The standard InChI is InChI=1S/C14H19ClN2O4S/c1-2-3-4-7-22(20,21)9-13(18)17-12-8-10(14(16)19)5-6-11(12)15/h5-6,8H,2-4,7,9H2,1H3,(H2,16,19)(H,17,18). The fourth-order valence-electron chi connectivity index (χ4n) is 1.80. The number of unbranched alkanes of at least 4 members (excludes halogenated alkanes) is 2. The largest absolute Gasteiger partial charge is 0.366 e. The Bertz CT molecular complexity index is 659. The van der Waals surface area contributed by atoms with Crippen molar-refractivity contribution in [2.45, 2.75) is 26.2 Å². The minimum Gasteiger partial charge on any atom is -0.366 e. The Morgan fingerprint density at radius 3 is 2.55 bits per heavy atom. The molecule has 1 aromatic rings. The van der Waals surface area contributed by atoms with Gasteiger partial charge in [0.2, 0.25) is 11.8 Å². The van der Waals surface area contributed by atoms with Crippen LogP contribution in [-0.2, 0) is 14.6 Å². The summed E-state index contributed by atoms with van der Waals surface area (Å²) in [6.07, 6.45) is 2.23. The van der Waals surface area contributed by atoms with Gasteiger partial charge in [0.05, 0.1) is 16.5 Å². The molecule has 0 aliphatic rings. The van der Waals surface area contributed by atoms with E-state index in [1.165, 1.54) is 18.2 Å². The van der Waals surface area contributed by atoms with Crippen molar-refractivity contribution in [3.8, 4) is 0 Å². The summed E-state index contributed by atoms with van der Waals surface area (Å²) in [5.41, 5.74) is 5.47. The zero-order valence-corrected chi connectivity index (χ0v) is 13.8. The molecule has 8 heteroatoms. The average Bonchev–Trinajstić information content (AvgIpc) is 2.40. The Hall–Kier alpha value is -1.60. The lowest BCUT2D eigenvalue weighted by molar-refractivity contribution is -0.113. The average molecular weight is 347 g/mol. The van der Waals surface area contributed by atoms with Gasteiger partial charge >= 0.3 is 0 Å². The van der Waals surface area contributed by atoms with Crippen molar-refractivity contribution in [1.29, 1.82) is 0 Å². The fraction of sp³-hybridized carbons (Fsp3) is 0.429. The number of carbonyl (C=O) groups excluding carboxylic acids is 2. The molecule has 0 saturated carbocycles. The summed E-state index contributed by atoms with van der Waals surface area (Å²) in [7, 11) is -3.46. The molecule has 6 nitrogen and oxygen atoms in total. The van der Waals surface area contributed by atoms with Gasteiger partial charge in [-0.3, -0.25) is 9.59 Å². The molecule has 0 saturated heterocycles. The van der Waals surface area contributed by atoms with Gasteiger partial charge in [-0.25, -0.2) is 8.42 Å². The zero-order valence-electron chi connectivity index (χ0n) is 12.3. The minimum absolute atomic E-state index is 0.0245. The van der Waals surface area contributed by atoms with E-state index in [1.807, 2.05) is 6.92 Å². The predicted octanol–water partition coefficient (Wildman–Crippen LogP) is 1.98. The van der Waals surface area contributed by atoms with E-state index in [4.69, 9.17) is 17.3 Å². The van der Waals surface area contributed by atoms with Gasteiger partial charge in [-0.2, -0.15) is 0 Å². The van der Waals surface area contributed by atoms with Crippen LogP contribution < -0.4 is 11.1 Å². The smallest absolute Gasteiger partial charge is 0.248 e. The van der Waals surface area contributed by atoms with Crippen molar-refractivity contribution in [2.24, 2.45) is 5.73 Å². The highest BCUT2D eigenvalue weighted by Gasteiger charge is 2.17. The molecule has 3 N–H and O–H groups in total. The number of sulfone groups is 1. The highest BCUT2D eigenvalue weighted by atomic mass is 35.5. The number of nitrogens with one attached hydrogen (secondary N) is 1. The molecule has 2 amide bonds. The number of hydrogen-bond acceptors (Lipinski definition) is 4. The highest BCUT2D eigenvalue weighted by Crippen LogP contribution is 2.23. The Morgan fingerprint density at radius 1 is 1.27 bits per heavy atom. The Kier molecular flexibility index (Phi) is 6.83. The van der Waals surface area contributed by atoms with Crippen LogP contribution in [0.1, 0.15) is 36.5 Å². The third kappa shape index (κ3) is 6.03. The number of nitrogens with two attached hydrogens (primary N) is 1. The predicted molar refractivity (Wildman–Crippen MR) is 86.8 cm³/mol. The molecule has 0 unspecified atom stereocenters. The lowest BCUT2D eigenvalue weighted by Crippen LogP contribution is -2.25. The summed E-state index contributed by atoms with van der Waals surface area (Å²) >= 11 is 5.90. The van der Waals surface area contributed by atoms with Gasteiger partial charge in [0.25, 0.3) is 0 Å². The van der Waals surface area contributed by atoms with Gasteiger partial charge in [0, 0.05) is 5.56 Å². The van der Waals surface area contributed by atoms with Crippen LogP contribution >= 0.6 is 11.6 Å². The van der Waals surface area contributed by atoms with E-state index in [-0.39, 0.29) is 22.0 Å².